The first-order chi connectivity index (χ1) is 7.75. The van der Waals surface area contributed by atoms with E-state index in [1.807, 2.05) is 31.2 Å². The Morgan fingerprint density at radius 3 is 2.56 bits per heavy atom. The maximum atomic E-state index is 5.70. The second-order valence-corrected chi connectivity index (χ2v) is 3.50. The minimum Gasteiger partial charge on any atom is -0.454 e. The van der Waals surface area contributed by atoms with Crippen molar-refractivity contribution in [1.82, 2.24) is 9.97 Å². The Morgan fingerprint density at radius 1 is 1.19 bits per heavy atom. The van der Waals surface area contributed by atoms with Gasteiger partial charge in [0.25, 0.3) is 0 Å². The zero-order valence-electron chi connectivity index (χ0n) is 9.00. The highest BCUT2D eigenvalue weighted by Crippen LogP contribution is 2.19. The topological polar surface area (TPSA) is 61.0 Å². The van der Waals surface area contributed by atoms with Crippen LogP contribution in [0, 0.1) is 0 Å². The molecule has 1 atom stereocenters. The van der Waals surface area contributed by atoms with E-state index in [4.69, 9.17) is 10.5 Å². The molecule has 16 heavy (non-hydrogen) atoms. The maximum absolute atomic E-state index is 5.70. The molecule has 0 bridgehead atoms. The van der Waals surface area contributed by atoms with Crippen LogP contribution in [-0.2, 0) is 0 Å². The van der Waals surface area contributed by atoms with Crippen molar-refractivity contribution in [3.63, 3.8) is 0 Å². The highest BCUT2D eigenvalue weighted by atomic mass is 16.5. The molecule has 0 amide bonds. The molecular formula is C12H13N3O. The van der Waals surface area contributed by atoms with Crippen molar-refractivity contribution in [3.8, 4) is 11.5 Å². The summed E-state index contributed by atoms with van der Waals surface area (Å²) in [6, 6.07) is 7.30. The van der Waals surface area contributed by atoms with Crippen LogP contribution in [0.15, 0.2) is 42.9 Å². The first kappa shape index (κ1) is 10.6. The fourth-order valence-electron chi connectivity index (χ4n) is 1.27. The molecule has 0 spiro atoms. The van der Waals surface area contributed by atoms with Crippen molar-refractivity contribution in [2.75, 3.05) is 0 Å². The van der Waals surface area contributed by atoms with Gasteiger partial charge in [-0.2, -0.15) is 0 Å². The molecule has 4 heteroatoms. The molecule has 0 aromatic carbocycles. The normalized spacial score (nSPS) is 12.1. The van der Waals surface area contributed by atoms with E-state index in [1.54, 1.807) is 18.6 Å². The molecule has 0 unspecified atom stereocenters. The Labute approximate surface area is 94.1 Å². The molecule has 2 aromatic rings. The third-order valence-corrected chi connectivity index (χ3v) is 2.10. The number of aromatic nitrogens is 2. The van der Waals surface area contributed by atoms with Gasteiger partial charge in [-0.25, -0.2) is 0 Å². The molecule has 2 rings (SSSR count). The first-order valence-electron chi connectivity index (χ1n) is 5.05. The van der Waals surface area contributed by atoms with E-state index in [1.165, 1.54) is 0 Å². The lowest BCUT2D eigenvalue weighted by atomic mass is 10.2. The minimum atomic E-state index is -0.0626. The van der Waals surface area contributed by atoms with E-state index in [2.05, 4.69) is 9.97 Å². The third kappa shape index (κ3) is 2.55. The maximum Gasteiger partial charge on any atom is 0.145 e. The largest absolute Gasteiger partial charge is 0.454 e. The highest BCUT2D eigenvalue weighted by molar-refractivity contribution is 5.27. The summed E-state index contributed by atoms with van der Waals surface area (Å²) < 4.78 is 5.55. The summed E-state index contributed by atoms with van der Waals surface area (Å²) in [4.78, 5) is 8.17. The number of ether oxygens (including phenoxy) is 1. The number of hydrogen-bond acceptors (Lipinski definition) is 4. The lowest BCUT2D eigenvalue weighted by Crippen LogP contribution is -2.06. The zero-order valence-corrected chi connectivity index (χ0v) is 9.00. The van der Waals surface area contributed by atoms with Crippen LogP contribution in [0.1, 0.15) is 18.7 Å². The van der Waals surface area contributed by atoms with Crippen LogP contribution in [-0.4, -0.2) is 9.97 Å². The molecule has 0 aliphatic rings. The monoisotopic (exact) mass is 215 g/mol. The van der Waals surface area contributed by atoms with E-state index in [0.717, 1.165) is 5.69 Å². The first-order valence-corrected chi connectivity index (χ1v) is 5.05. The minimum absolute atomic E-state index is 0.0626. The quantitative estimate of drug-likeness (QED) is 0.853. The van der Waals surface area contributed by atoms with Crippen molar-refractivity contribution < 1.29 is 4.74 Å². The van der Waals surface area contributed by atoms with Crippen molar-refractivity contribution in [2.24, 2.45) is 5.73 Å². The standard InChI is InChI=1S/C12H13N3O/c1-9(13)12-5-4-11(8-15-12)16-10-3-2-6-14-7-10/h2-9H,13H2,1H3/t9-/m0/s1. The van der Waals surface area contributed by atoms with Gasteiger partial charge in [-0.15, -0.1) is 0 Å². The summed E-state index contributed by atoms with van der Waals surface area (Å²) in [6.45, 7) is 1.89. The Balaban J connectivity index is 2.11. The fourth-order valence-corrected chi connectivity index (χ4v) is 1.27. The van der Waals surface area contributed by atoms with Crippen LogP contribution in [0.2, 0.25) is 0 Å². The lowest BCUT2D eigenvalue weighted by Gasteiger charge is -2.07. The summed E-state index contributed by atoms with van der Waals surface area (Å²) in [5.74, 6) is 1.37. The number of nitrogens with two attached hydrogens (primary N) is 1. The molecule has 0 aliphatic carbocycles. The molecule has 0 saturated carbocycles. The number of rotatable bonds is 3. The van der Waals surface area contributed by atoms with Gasteiger partial charge < -0.3 is 10.5 Å². The molecule has 4 nitrogen and oxygen atoms in total. The van der Waals surface area contributed by atoms with Crippen molar-refractivity contribution in [1.29, 1.82) is 0 Å². The zero-order chi connectivity index (χ0) is 11.4. The Bertz CT molecular complexity index is 440. The van der Waals surface area contributed by atoms with E-state index in [9.17, 15) is 0 Å². The van der Waals surface area contributed by atoms with E-state index < -0.39 is 0 Å². The molecule has 0 radical (unpaired) electrons. The van der Waals surface area contributed by atoms with Gasteiger partial charge >= 0.3 is 0 Å². The molecule has 0 fully saturated rings. The van der Waals surface area contributed by atoms with Gasteiger partial charge in [0.1, 0.15) is 11.5 Å². The van der Waals surface area contributed by atoms with Gasteiger partial charge in [-0.05, 0) is 31.2 Å². The summed E-state index contributed by atoms with van der Waals surface area (Å²) >= 11 is 0. The van der Waals surface area contributed by atoms with E-state index in [-0.39, 0.29) is 6.04 Å². The molecule has 0 saturated heterocycles. The summed E-state index contributed by atoms with van der Waals surface area (Å²) in [5, 5.41) is 0. The molecule has 2 aromatic heterocycles. The van der Waals surface area contributed by atoms with Gasteiger partial charge in [-0.3, -0.25) is 9.97 Å². The van der Waals surface area contributed by atoms with Crippen LogP contribution in [0.5, 0.6) is 11.5 Å². The molecule has 82 valence electrons. The Morgan fingerprint density at radius 2 is 2.00 bits per heavy atom. The molecule has 2 heterocycles. The molecule has 0 aliphatic heterocycles. The average molecular weight is 215 g/mol. The predicted octanol–water partition coefficient (Wildman–Crippen LogP) is 2.29. The van der Waals surface area contributed by atoms with Crippen molar-refractivity contribution in [2.45, 2.75) is 13.0 Å². The Hall–Kier alpha value is -1.94. The number of hydrogen-bond donors (Lipinski definition) is 1. The van der Waals surface area contributed by atoms with Gasteiger partial charge in [0.15, 0.2) is 0 Å². The average Bonchev–Trinajstić information content (AvgIpc) is 2.31. The van der Waals surface area contributed by atoms with Gasteiger partial charge in [0, 0.05) is 12.2 Å². The van der Waals surface area contributed by atoms with Crippen molar-refractivity contribution in [3.05, 3.63) is 48.5 Å². The van der Waals surface area contributed by atoms with Gasteiger partial charge in [0.05, 0.1) is 18.1 Å². The van der Waals surface area contributed by atoms with E-state index in [0.29, 0.717) is 11.5 Å². The SMILES string of the molecule is C[C@H](N)c1ccc(Oc2cccnc2)cn1. The summed E-state index contributed by atoms with van der Waals surface area (Å²) in [5.41, 5.74) is 6.55. The van der Waals surface area contributed by atoms with Crippen molar-refractivity contribution >= 4 is 0 Å². The van der Waals surface area contributed by atoms with Gasteiger partial charge in [0.2, 0.25) is 0 Å². The third-order valence-electron chi connectivity index (χ3n) is 2.10. The second kappa shape index (κ2) is 4.72. The Kier molecular flexibility index (Phi) is 3.12. The fraction of sp³-hybridized carbons (Fsp3) is 0.167. The van der Waals surface area contributed by atoms with Gasteiger partial charge in [-0.1, -0.05) is 0 Å². The van der Waals surface area contributed by atoms with Crippen LogP contribution >= 0.6 is 0 Å². The van der Waals surface area contributed by atoms with Crippen LogP contribution in [0.3, 0.4) is 0 Å². The second-order valence-electron chi connectivity index (χ2n) is 3.50. The van der Waals surface area contributed by atoms with Crippen LogP contribution < -0.4 is 10.5 Å². The smallest absolute Gasteiger partial charge is 0.145 e. The van der Waals surface area contributed by atoms with E-state index >= 15 is 0 Å². The van der Waals surface area contributed by atoms with Crippen LogP contribution in [0.4, 0.5) is 0 Å². The summed E-state index contributed by atoms with van der Waals surface area (Å²) in [6.07, 6.45) is 5.01. The highest BCUT2D eigenvalue weighted by Gasteiger charge is 2.01. The molecule has 2 N–H and O–H groups in total. The number of nitrogens with zero attached hydrogens (tertiary/aromatic N) is 2. The lowest BCUT2D eigenvalue weighted by molar-refractivity contribution is 0.477. The van der Waals surface area contributed by atoms with Crippen LogP contribution in [0.25, 0.3) is 0 Å². The number of pyridine rings is 2. The molecular weight excluding hydrogens is 202 g/mol. The summed E-state index contributed by atoms with van der Waals surface area (Å²) in [7, 11) is 0. The predicted molar refractivity (Wildman–Crippen MR) is 61.2 cm³/mol.